The summed E-state index contributed by atoms with van der Waals surface area (Å²) in [5, 5.41) is 11.7. The number of imide groups is 1. The van der Waals surface area contributed by atoms with Crippen molar-refractivity contribution in [2.45, 2.75) is 26.2 Å². The van der Waals surface area contributed by atoms with E-state index in [1.165, 1.54) is 21.8 Å². The lowest BCUT2D eigenvalue weighted by Crippen LogP contribution is -2.31. The van der Waals surface area contributed by atoms with Crippen LogP contribution >= 0.6 is 11.3 Å². The highest BCUT2D eigenvalue weighted by Crippen LogP contribution is 2.23. The van der Waals surface area contributed by atoms with E-state index in [0.717, 1.165) is 12.2 Å². The monoisotopic (exact) mass is 450 g/mol. The Morgan fingerprint density at radius 1 is 1.03 bits per heavy atom. The molecule has 0 saturated heterocycles. The molecule has 1 aliphatic heterocycles. The maximum atomic E-state index is 12.4. The van der Waals surface area contributed by atoms with Crippen LogP contribution in [0.2, 0.25) is 0 Å². The highest BCUT2D eigenvalue weighted by molar-refractivity contribution is 7.15. The molecule has 9 heteroatoms. The van der Waals surface area contributed by atoms with E-state index in [9.17, 15) is 14.4 Å². The summed E-state index contributed by atoms with van der Waals surface area (Å²) in [6.45, 7) is 2.55. The van der Waals surface area contributed by atoms with E-state index in [0.29, 0.717) is 27.7 Å². The van der Waals surface area contributed by atoms with Crippen LogP contribution in [0.4, 0.5) is 5.13 Å². The van der Waals surface area contributed by atoms with E-state index in [-0.39, 0.29) is 37.3 Å². The number of ether oxygens (including phenoxy) is 1. The van der Waals surface area contributed by atoms with Crippen LogP contribution in [0.3, 0.4) is 0 Å². The summed E-state index contributed by atoms with van der Waals surface area (Å²) < 4.78 is 5.60. The van der Waals surface area contributed by atoms with Gasteiger partial charge in [0.1, 0.15) is 10.8 Å². The number of nitrogens with one attached hydrogen (secondary N) is 1. The first-order valence-electron chi connectivity index (χ1n) is 10.3. The van der Waals surface area contributed by atoms with Crippen LogP contribution in [0.1, 0.15) is 44.6 Å². The van der Waals surface area contributed by atoms with Gasteiger partial charge >= 0.3 is 0 Å². The molecule has 3 aromatic rings. The van der Waals surface area contributed by atoms with Crippen LogP contribution < -0.4 is 10.1 Å². The lowest BCUT2D eigenvalue weighted by Gasteiger charge is -2.12. The molecule has 32 heavy (non-hydrogen) atoms. The average molecular weight is 451 g/mol. The van der Waals surface area contributed by atoms with Crippen molar-refractivity contribution in [3.8, 4) is 5.75 Å². The van der Waals surface area contributed by atoms with Crippen LogP contribution in [-0.2, 0) is 17.6 Å². The minimum atomic E-state index is -0.298. The van der Waals surface area contributed by atoms with E-state index in [2.05, 4.69) is 22.4 Å². The van der Waals surface area contributed by atoms with Gasteiger partial charge in [-0.1, -0.05) is 42.5 Å². The fourth-order valence-electron chi connectivity index (χ4n) is 3.32. The quantitative estimate of drug-likeness (QED) is 0.502. The predicted molar refractivity (Wildman–Crippen MR) is 120 cm³/mol. The van der Waals surface area contributed by atoms with Gasteiger partial charge in [0.25, 0.3) is 11.8 Å². The Hall–Kier alpha value is -3.59. The Balaban J connectivity index is 1.23. The maximum absolute atomic E-state index is 12.4. The van der Waals surface area contributed by atoms with E-state index in [4.69, 9.17) is 4.74 Å². The van der Waals surface area contributed by atoms with Crippen molar-refractivity contribution in [3.05, 3.63) is 70.2 Å². The molecule has 2 aromatic carbocycles. The van der Waals surface area contributed by atoms with Gasteiger partial charge in [0.2, 0.25) is 11.0 Å². The minimum Gasteiger partial charge on any atom is -0.493 e. The summed E-state index contributed by atoms with van der Waals surface area (Å²) in [5.41, 5.74) is 2.07. The van der Waals surface area contributed by atoms with Crippen molar-refractivity contribution in [3.63, 3.8) is 0 Å². The smallest absolute Gasteiger partial charge is 0.261 e. The van der Waals surface area contributed by atoms with E-state index in [1.54, 1.807) is 24.3 Å². The fourth-order valence-corrected chi connectivity index (χ4v) is 4.06. The molecule has 2 heterocycles. The van der Waals surface area contributed by atoms with Crippen LogP contribution in [0.15, 0.2) is 48.5 Å². The average Bonchev–Trinajstić information content (AvgIpc) is 3.35. The number of amides is 3. The number of fused-ring (bicyclic) bond motifs is 1. The van der Waals surface area contributed by atoms with Crippen molar-refractivity contribution >= 4 is 34.2 Å². The minimum absolute atomic E-state index is 0.180. The summed E-state index contributed by atoms with van der Waals surface area (Å²) in [6, 6.07) is 14.6. The standard InChI is InChI=1S/C23H22N4O4S/c1-2-15-7-9-16(10-8-15)31-14-12-19(28)24-23-26-25-20(32-23)11-13-27-21(29)17-5-3-4-6-18(17)22(27)30/h3-10H,2,11-14H2,1H3,(H,24,26,28). The summed E-state index contributed by atoms with van der Waals surface area (Å²) in [7, 11) is 0. The molecule has 0 spiro atoms. The predicted octanol–water partition coefficient (Wildman–Crippen LogP) is 3.35. The molecule has 1 N–H and O–H groups in total. The van der Waals surface area contributed by atoms with Gasteiger partial charge < -0.3 is 10.1 Å². The van der Waals surface area contributed by atoms with Crippen molar-refractivity contribution < 1.29 is 19.1 Å². The molecule has 0 bridgehead atoms. The van der Waals surface area contributed by atoms with Crippen molar-refractivity contribution in [1.29, 1.82) is 0 Å². The third-order valence-corrected chi connectivity index (χ3v) is 5.97. The van der Waals surface area contributed by atoms with Gasteiger partial charge in [0.05, 0.1) is 24.2 Å². The van der Waals surface area contributed by atoms with Crippen LogP contribution in [0.5, 0.6) is 5.75 Å². The largest absolute Gasteiger partial charge is 0.493 e. The van der Waals surface area contributed by atoms with Crippen LogP contribution in [-0.4, -0.2) is 46.0 Å². The summed E-state index contributed by atoms with van der Waals surface area (Å²) >= 11 is 1.22. The molecular formula is C23H22N4O4S. The molecule has 0 radical (unpaired) electrons. The second kappa shape index (κ2) is 9.69. The molecular weight excluding hydrogens is 428 g/mol. The first-order chi connectivity index (χ1) is 15.5. The second-order valence-corrected chi connectivity index (χ2v) is 8.26. The molecule has 1 aliphatic rings. The molecule has 3 amide bonds. The summed E-state index contributed by atoms with van der Waals surface area (Å²) in [5.74, 6) is -0.0967. The van der Waals surface area contributed by atoms with Gasteiger partial charge in [-0.3, -0.25) is 19.3 Å². The Morgan fingerprint density at radius 2 is 1.72 bits per heavy atom. The van der Waals surface area contributed by atoms with Gasteiger partial charge in [0, 0.05) is 13.0 Å². The van der Waals surface area contributed by atoms with Crippen LogP contribution in [0.25, 0.3) is 0 Å². The summed E-state index contributed by atoms with van der Waals surface area (Å²) in [4.78, 5) is 38.2. The SMILES string of the molecule is CCc1ccc(OCCC(=O)Nc2nnc(CCN3C(=O)c4ccccc4C3=O)s2)cc1. The van der Waals surface area contributed by atoms with Gasteiger partial charge in [-0.2, -0.15) is 0 Å². The Labute approximate surface area is 189 Å². The van der Waals surface area contributed by atoms with Gasteiger partial charge in [-0.25, -0.2) is 0 Å². The molecule has 0 aliphatic carbocycles. The fraction of sp³-hybridized carbons (Fsp3) is 0.261. The molecule has 0 unspecified atom stereocenters. The highest BCUT2D eigenvalue weighted by Gasteiger charge is 2.34. The lowest BCUT2D eigenvalue weighted by molar-refractivity contribution is -0.116. The second-order valence-electron chi connectivity index (χ2n) is 7.20. The van der Waals surface area contributed by atoms with Crippen molar-refractivity contribution in [2.75, 3.05) is 18.5 Å². The molecule has 0 fully saturated rings. The molecule has 1 aromatic heterocycles. The first-order valence-corrected chi connectivity index (χ1v) is 11.2. The number of carbonyl (C=O) groups excluding carboxylic acids is 3. The van der Waals surface area contributed by atoms with Crippen molar-refractivity contribution in [2.24, 2.45) is 0 Å². The van der Waals surface area contributed by atoms with Crippen LogP contribution in [0, 0.1) is 0 Å². The topological polar surface area (TPSA) is 101 Å². The van der Waals surface area contributed by atoms with Gasteiger partial charge in [-0.15, -0.1) is 10.2 Å². The third kappa shape index (κ3) is 4.83. The Morgan fingerprint density at radius 3 is 2.38 bits per heavy atom. The molecule has 8 nitrogen and oxygen atoms in total. The first kappa shape index (κ1) is 21.6. The number of aromatic nitrogens is 2. The number of rotatable bonds is 9. The Bertz CT molecular complexity index is 1110. The van der Waals surface area contributed by atoms with E-state index < -0.39 is 0 Å². The highest BCUT2D eigenvalue weighted by atomic mass is 32.1. The molecule has 4 rings (SSSR count). The number of hydrogen-bond donors (Lipinski definition) is 1. The number of aryl methyl sites for hydroxylation is 1. The molecule has 0 saturated carbocycles. The molecule has 164 valence electrons. The summed E-state index contributed by atoms with van der Waals surface area (Å²) in [6.07, 6.45) is 1.51. The normalized spacial score (nSPS) is 12.7. The lowest BCUT2D eigenvalue weighted by atomic mass is 10.1. The zero-order valence-electron chi connectivity index (χ0n) is 17.5. The third-order valence-electron chi connectivity index (χ3n) is 5.07. The van der Waals surface area contributed by atoms with Crippen molar-refractivity contribution in [1.82, 2.24) is 15.1 Å². The van der Waals surface area contributed by atoms with E-state index in [1.807, 2.05) is 24.3 Å². The zero-order chi connectivity index (χ0) is 22.5. The van der Waals surface area contributed by atoms with Gasteiger partial charge in [-0.05, 0) is 36.2 Å². The number of carbonyl (C=O) groups is 3. The number of anilines is 1. The molecule has 0 atom stereocenters. The maximum Gasteiger partial charge on any atom is 0.261 e. The number of hydrogen-bond acceptors (Lipinski definition) is 7. The van der Waals surface area contributed by atoms with E-state index >= 15 is 0 Å². The number of benzene rings is 2. The Kier molecular flexibility index (Phi) is 6.55. The zero-order valence-corrected chi connectivity index (χ0v) is 18.4. The van der Waals surface area contributed by atoms with Gasteiger partial charge in [0.15, 0.2) is 0 Å². The number of nitrogens with zero attached hydrogens (tertiary/aromatic N) is 3.